The van der Waals surface area contributed by atoms with Crippen molar-refractivity contribution in [1.29, 1.82) is 0 Å². The van der Waals surface area contributed by atoms with Crippen molar-refractivity contribution in [1.82, 2.24) is 15.3 Å². The molecule has 0 radical (unpaired) electrons. The third kappa shape index (κ3) is 2.33. The molecule has 2 heterocycles. The average Bonchev–Trinajstić information content (AvgIpc) is 2.33. The van der Waals surface area contributed by atoms with Crippen LogP contribution in [0.2, 0.25) is 0 Å². The molecule has 0 bridgehead atoms. The Morgan fingerprint density at radius 1 is 1.40 bits per heavy atom. The molecule has 4 heteroatoms. The summed E-state index contributed by atoms with van der Waals surface area (Å²) >= 11 is 0. The summed E-state index contributed by atoms with van der Waals surface area (Å²) < 4.78 is 5.60. The van der Waals surface area contributed by atoms with Gasteiger partial charge in [0.2, 0.25) is 0 Å². The van der Waals surface area contributed by atoms with Crippen LogP contribution in [0, 0.1) is 0 Å². The van der Waals surface area contributed by atoms with Crippen molar-refractivity contribution < 1.29 is 4.74 Å². The fraction of sp³-hybridized carbons (Fsp3) is 0.455. The normalized spacial score (nSPS) is 17.8. The lowest BCUT2D eigenvalue weighted by Gasteiger charge is -2.22. The SMILES string of the molecule is CNC(C1=CCCCO1)c1ncccn1. The maximum Gasteiger partial charge on any atom is 0.152 e. The van der Waals surface area contributed by atoms with Crippen LogP contribution in [-0.2, 0) is 4.74 Å². The van der Waals surface area contributed by atoms with Gasteiger partial charge < -0.3 is 10.1 Å². The van der Waals surface area contributed by atoms with E-state index >= 15 is 0 Å². The number of nitrogens with one attached hydrogen (secondary N) is 1. The number of likely N-dealkylation sites (N-methyl/N-ethyl adjacent to an activating group) is 1. The molecule has 80 valence electrons. The number of aromatic nitrogens is 2. The van der Waals surface area contributed by atoms with Crippen molar-refractivity contribution in [3.8, 4) is 0 Å². The van der Waals surface area contributed by atoms with Crippen LogP contribution in [0.25, 0.3) is 0 Å². The lowest BCUT2D eigenvalue weighted by molar-refractivity contribution is 0.168. The van der Waals surface area contributed by atoms with Crippen LogP contribution in [0.15, 0.2) is 30.3 Å². The molecule has 1 aromatic rings. The fourth-order valence-corrected chi connectivity index (χ4v) is 1.64. The van der Waals surface area contributed by atoms with Crippen molar-refractivity contribution in [2.24, 2.45) is 0 Å². The first-order valence-electron chi connectivity index (χ1n) is 5.19. The molecule has 0 aliphatic carbocycles. The molecule has 0 spiro atoms. The maximum absolute atomic E-state index is 5.60. The average molecular weight is 205 g/mol. The summed E-state index contributed by atoms with van der Waals surface area (Å²) in [7, 11) is 1.89. The molecule has 0 fully saturated rings. The van der Waals surface area contributed by atoms with Crippen LogP contribution in [-0.4, -0.2) is 23.6 Å². The predicted octanol–water partition coefficient (Wildman–Crippen LogP) is 1.43. The molecule has 1 N–H and O–H groups in total. The molecule has 4 nitrogen and oxygen atoms in total. The highest BCUT2D eigenvalue weighted by Crippen LogP contribution is 2.22. The molecule has 0 saturated heterocycles. The van der Waals surface area contributed by atoms with E-state index in [4.69, 9.17) is 4.74 Å². The molecular formula is C11H15N3O. The second kappa shape index (κ2) is 4.89. The van der Waals surface area contributed by atoms with Crippen molar-refractivity contribution in [2.75, 3.05) is 13.7 Å². The summed E-state index contributed by atoms with van der Waals surface area (Å²) in [5, 5.41) is 3.17. The monoisotopic (exact) mass is 205 g/mol. The molecule has 1 aliphatic rings. The third-order valence-electron chi connectivity index (χ3n) is 2.38. The maximum atomic E-state index is 5.60. The predicted molar refractivity (Wildman–Crippen MR) is 57.1 cm³/mol. The number of ether oxygens (including phenoxy) is 1. The minimum atomic E-state index is -0.0218. The second-order valence-electron chi connectivity index (χ2n) is 3.43. The van der Waals surface area contributed by atoms with Gasteiger partial charge in [-0.05, 0) is 32.0 Å². The van der Waals surface area contributed by atoms with E-state index in [0.29, 0.717) is 0 Å². The molecule has 1 atom stereocenters. The molecule has 1 unspecified atom stereocenters. The Morgan fingerprint density at radius 3 is 2.80 bits per heavy atom. The van der Waals surface area contributed by atoms with Gasteiger partial charge in [0.15, 0.2) is 5.82 Å². The van der Waals surface area contributed by atoms with Gasteiger partial charge in [-0.15, -0.1) is 0 Å². The number of rotatable bonds is 3. The highest BCUT2D eigenvalue weighted by atomic mass is 16.5. The molecular weight excluding hydrogens is 190 g/mol. The van der Waals surface area contributed by atoms with Crippen molar-refractivity contribution >= 4 is 0 Å². The summed E-state index contributed by atoms with van der Waals surface area (Å²) in [6.45, 7) is 0.789. The highest BCUT2D eigenvalue weighted by molar-refractivity contribution is 5.13. The number of nitrogens with zero attached hydrogens (tertiary/aromatic N) is 2. The van der Waals surface area contributed by atoms with Crippen molar-refractivity contribution in [3.05, 3.63) is 36.1 Å². The summed E-state index contributed by atoms with van der Waals surface area (Å²) in [5.74, 6) is 1.70. The van der Waals surface area contributed by atoms with Crippen LogP contribution in [0.1, 0.15) is 24.7 Å². The van der Waals surface area contributed by atoms with Crippen LogP contribution in [0.3, 0.4) is 0 Å². The van der Waals surface area contributed by atoms with E-state index in [1.807, 2.05) is 13.1 Å². The summed E-state index contributed by atoms with van der Waals surface area (Å²) in [6.07, 6.45) is 7.77. The zero-order valence-electron chi connectivity index (χ0n) is 8.81. The number of allylic oxidation sites excluding steroid dienone is 1. The standard InChI is InChI=1S/C11H15N3O/c1-12-10(9-5-2-3-8-15-9)11-13-6-4-7-14-11/h4-7,10,12H,2-3,8H2,1H3. The van der Waals surface area contributed by atoms with Crippen LogP contribution < -0.4 is 5.32 Å². The van der Waals surface area contributed by atoms with Gasteiger partial charge in [0.1, 0.15) is 11.8 Å². The van der Waals surface area contributed by atoms with Crippen LogP contribution in [0.5, 0.6) is 0 Å². The number of hydrogen-bond acceptors (Lipinski definition) is 4. The van der Waals surface area contributed by atoms with Gasteiger partial charge in [-0.3, -0.25) is 0 Å². The largest absolute Gasteiger partial charge is 0.496 e. The van der Waals surface area contributed by atoms with Gasteiger partial charge >= 0.3 is 0 Å². The minimum Gasteiger partial charge on any atom is -0.496 e. The van der Waals surface area contributed by atoms with Gasteiger partial charge in [0.05, 0.1) is 6.61 Å². The first-order valence-corrected chi connectivity index (χ1v) is 5.19. The Bertz CT molecular complexity index is 337. The molecule has 0 amide bonds. The molecule has 1 aromatic heterocycles. The molecule has 2 rings (SSSR count). The second-order valence-corrected chi connectivity index (χ2v) is 3.43. The van der Waals surface area contributed by atoms with Gasteiger partial charge in [-0.2, -0.15) is 0 Å². The first kappa shape index (κ1) is 10.1. The molecule has 15 heavy (non-hydrogen) atoms. The summed E-state index contributed by atoms with van der Waals surface area (Å²) in [5.41, 5.74) is 0. The zero-order valence-corrected chi connectivity index (χ0v) is 8.81. The lowest BCUT2D eigenvalue weighted by atomic mass is 10.1. The molecule has 0 saturated carbocycles. The summed E-state index contributed by atoms with van der Waals surface area (Å²) in [4.78, 5) is 8.46. The third-order valence-corrected chi connectivity index (χ3v) is 2.38. The van der Waals surface area contributed by atoms with Gasteiger partial charge in [0.25, 0.3) is 0 Å². The van der Waals surface area contributed by atoms with E-state index in [9.17, 15) is 0 Å². The van der Waals surface area contributed by atoms with Gasteiger partial charge in [-0.1, -0.05) is 0 Å². The van der Waals surface area contributed by atoms with E-state index in [-0.39, 0.29) is 6.04 Å². The molecule has 1 aliphatic heterocycles. The van der Waals surface area contributed by atoms with Gasteiger partial charge in [-0.25, -0.2) is 9.97 Å². The van der Waals surface area contributed by atoms with Crippen LogP contribution >= 0.6 is 0 Å². The Kier molecular flexibility index (Phi) is 3.29. The van der Waals surface area contributed by atoms with Crippen LogP contribution in [0.4, 0.5) is 0 Å². The van der Waals surface area contributed by atoms with E-state index in [0.717, 1.165) is 31.0 Å². The van der Waals surface area contributed by atoms with E-state index in [1.54, 1.807) is 12.4 Å². The van der Waals surface area contributed by atoms with E-state index in [1.165, 1.54) is 0 Å². The fourth-order valence-electron chi connectivity index (χ4n) is 1.64. The first-order chi connectivity index (χ1) is 7.42. The number of hydrogen-bond donors (Lipinski definition) is 1. The molecule has 0 aromatic carbocycles. The topological polar surface area (TPSA) is 47.0 Å². The Labute approximate surface area is 89.4 Å². The van der Waals surface area contributed by atoms with E-state index in [2.05, 4.69) is 21.4 Å². The van der Waals surface area contributed by atoms with E-state index < -0.39 is 0 Å². The zero-order chi connectivity index (χ0) is 10.5. The van der Waals surface area contributed by atoms with Crippen molar-refractivity contribution in [2.45, 2.75) is 18.9 Å². The van der Waals surface area contributed by atoms with Crippen molar-refractivity contribution in [3.63, 3.8) is 0 Å². The van der Waals surface area contributed by atoms with Gasteiger partial charge in [0, 0.05) is 12.4 Å². The minimum absolute atomic E-state index is 0.0218. The Balaban J connectivity index is 2.20. The quantitative estimate of drug-likeness (QED) is 0.811. The smallest absolute Gasteiger partial charge is 0.152 e. The Morgan fingerprint density at radius 2 is 2.20 bits per heavy atom. The summed E-state index contributed by atoms with van der Waals surface area (Å²) in [6, 6.07) is 1.79. The lowest BCUT2D eigenvalue weighted by Crippen LogP contribution is -2.23. The highest BCUT2D eigenvalue weighted by Gasteiger charge is 2.20. The Hall–Kier alpha value is -1.42.